The molecule has 0 aromatic heterocycles. The molecule has 0 bridgehead atoms. The van der Waals surface area contributed by atoms with Crippen molar-refractivity contribution < 1.29 is 8.42 Å². The van der Waals surface area contributed by atoms with Crippen LogP contribution in [0, 0.1) is 0 Å². The highest BCUT2D eigenvalue weighted by Gasteiger charge is 1.99. The Kier molecular flexibility index (Phi) is 6.23. The number of nitrogens with one attached hydrogen (secondary N) is 2. The van der Waals surface area contributed by atoms with Gasteiger partial charge in [0, 0.05) is 19.1 Å². The summed E-state index contributed by atoms with van der Waals surface area (Å²) in [7, 11) is -3.03. The number of sulfonamides is 1. The predicted octanol–water partition coefficient (Wildman–Crippen LogP) is -1.14. The molecule has 0 fully saturated rings. The van der Waals surface area contributed by atoms with E-state index in [4.69, 9.17) is 5.73 Å². The molecule has 0 saturated carbocycles. The summed E-state index contributed by atoms with van der Waals surface area (Å²) in [6.45, 7) is 3.84. The van der Waals surface area contributed by atoms with Crippen molar-refractivity contribution in [1.29, 1.82) is 0 Å². The molecule has 0 saturated heterocycles. The van der Waals surface area contributed by atoms with E-state index in [0.717, 1.165) is 19.2 Å². The van der Waals surface area contributed by atoms with E-state index in [1.807, 2.05) is 6.92 Å². The van der Waals surface area contributed by atoms with E-state index in [9.17, 15) is 8.42 Å². The van der Waals surface area contributed by atoms with E-state index in [2.05, 4.69) is 10.0 Å². The first-order chi connectivity index (χ1) is 5.95. The molecule has 0 radical (unpaired) electrons. The smallest absolute Gasteiger partial charge is 0.208 e. The summed E-state index contributed by atoms with van der Waals surface area (Å²) >= 11 is 0. The largest absolute Gasteiger partial charge is 0.329 e. The van der Waals surface area contributed by atoms with E-state index in [-0.39, 0.29) is 0 Å². The van der Waals surface area contributed by atoms with Crippen LogP contribution in [-0.2, 0) is 10.0 Å². The molecular weight excluding hydrogens is 190 g/mol. The zero-order valence-electron chi connectivity index (χ0n) is 8.21. The predicted molar refractivity (Wildman–Crippen MR) is 54.0 cm³/mol. The number of nitrogens with two attached hydrogens (primary N) is 1. The van der Waals surface area contributed by atoms with E-state index in [1.54, 1.807) is 0 Å². The maximum absolute atomic E-state index is 10.6. The van der Waals surface area contributed by atoms with Gasteiger partial charge in [-0.25, -0.2) is 13.1 Å². The summed E-state index contributed by atoms with van der Waals surface area (Å²) < 4.78 is 23.7. The van der Waals surface area contributed by atoms with Crippen LogP contribution in [0.2, 0.25) is 0 Å². The van der Waals surface area contributed by atoms with E-state index in [0.29, 0.717) is 19.1 Å². The summed E-state index contributed by atoms with van der Waals surface area (Å²) in [5, 5.41) is 3.16. The Balaban J connectivity index is 3.27. The van der Waals surface area contributed by atoms with E-state index < -0.39 is 10.0 Å². The van der Waals surface area contributed by atoms with Crippen LogP contribution in [0.5, 0.6) is 0 Å². The molecule has 5 nitrogen and oxygen atoms in total. The van der Waals surface area contributed by atoms with Crippen molar-refractivity contribution >= 4 is 10.0 Å². The molecule has 4 N–H and O–H groups in total. The zero-order valence-corrected chi connectivity index (χ0v) is 9.02. The first-order valence-electron chi connectivity index (χ1n) is 4.34. The lowest BCUT2D eigenvalue weighted by Gasteiger charge is -2.10. The number of hydrogen-bond acceptors (Lipinski definition) is 4. The molecule has 1 atom stereocenters. The second kappa shape index (κ2) is 6.31. The molecule has 0 aromatic carbocycles. The van der Waals surface area contributed by atoms with Crippen molar-refractivity contribution in [3.05, 3.63) is 0 Å². The lowest BCUT2D eigenvalue weighted by atomic mass is 10.3. The highest BCUT2D eigenvalue weighted by atomic mass is 32.2. The summed E-state index contributed by atoms with van der Waals surface area (Å²) in [5.74, 6) is 0. The normalized spacial score (nSPS) is 14.4. The summed E-state index contributed by atoms with van der Waals surface area (Å²) in [5.41, 5.74) is 5.38. The van der Waals surface area contributed by atoms with Gasteiger partial charge in [0.15, 0.2) is 0 Å². The first-order valence-corrected chi connectivity index (χ1v) is 6.23. The molecule has 1 unspecified atom stereocenters. The third kappa shape index (κ3) is 9.75. The van der Waals surface area contributed by atoms with Crippen LogP contribution in [0.25, 0.3) is 0 Å². The second-order valence-corrected chi connectivity index (χ2v) is 4.94. The summed E-state index contributed by atoms with van der Waals surface area (Å²) in [6.07, 6.45) is 1.93. The zero-order chi connectivity index (χ0) is 10.3. The Hall–Kier alpha value is -0.170. The topological polar surface area (TPSA) is 84.2 Å². The first kappa shape index (κ1) is 12.8. The molecule has 0 heterocycles. The lowest BCUT2D eigenvalue weighted by Crippen LogP contribution is -2.35. The fraction of sp³-hybridized carbons (Fsp3) is 1.00. The van der Waals surface area contributed by atoms with Crippen LogP contribution in [-0.4, -0.2) is 40.3 Å². The van der Waals surface area contributed by atoms with Crippen LogP contribution >= 0.6 is 0 Å². The van der Waals surface area contributed by atoms with Crippen LogP contribution in [0.1, 0.15) is 13.3 Å². The van der Waals surface area contributed by atoms with E-state index >= 15 is 0 Å². The molecule has 80 valence electrons. The van der Waals surface area contributed by atoms with Gasteiger partial charge in [-0.15, -0.1) is 0 Å². The fourth-order valence-corrected chi connectivity index (χ4v) is 1.29. The van der Waals surface area contributed by atoms with Gasteiger partial charge in [0.1, 0.15) is 0 Å². The highest BCUT2D eigenvalue weighted by molar-refractivity contribution is 7.88. The Bertz CT molecular complexity index is 216. The van der Waals surface area contributed by atoms with Gasteiger partial charge < -0.3 is 11.1 Å². The van der Waals surface area contributed by atoms with Gasteiger partial charge in [0.25, 0.3) is 0 Å². The van der Waals surface area contributed by atoms with Crippen LogP contribution in [0.4, 0.5) is 0 Å². The minimum atomic E-state index is -3.03. The minimum Gasteiger partial charge on any atom is -0.329 e. The van der Waals surface area contributed by atoms with Crippen molar-refractivity contribution in [3.8, 4) is 0 Å². The Morgan fingerprint density at radius 1 is 1.38 bits per heavy atom. The summed E-state index contributed by atoms with van der Waals surface area (Å²) in [4.78, 5) is 0. The molecule has 0 aliphatic carbocycles. The molecule has 0 spiro atoms. The quantitative estimate of drug-likeness (QED) is 0.463. The lowest BCUT2D eigenvalue weighted by molar-refractivity contribution is 0.537. The average Bonchev–Trinajstić information content (AvgIpc) is 2.01. The molecule has 6 heteroatoms. The van der Waals surface area contributed by atoms with Gasteiger partial charge in [-0.2, -0.15) is 0 Å². The Morgan fingerprint density at radius 3 is 2.46 bits per heavy atom. The van der Waals surface area contributed by atoms with Crippen molar-refractivity contribution in [2.24, 2.45) is 5.73 Å². The summed E-state index contributed by atoms with van der Waals surface area (Å²) in [6, 6.07) is 0.290. The second-order valence-electron chi connectivity index (χ2n) is 3.11. The molecule has 0 aliphatic rings. The van der Waals surface area contributed by atoms with Gasteiger partial charge in [-0.1, -0.05) is 0 Å². The number of rotatable bonds is 7. The molecule has 0 amide bonds. The average molecular weight is 209 g/mol. The standard InChI is InChI=1S/C7H19N3O2S/c1-7(6-8)9-4-3-5-10-13(2,11)12/h7,9-10H,3-6,8H2,1-2H3. The van der Waals surface area contributed by atoms with Gasteiger partial charge in [-0.3, -0.25) is 0 Å². The maximum atomic E-state index is 10.6. The van der Waals surface area contributed by atoms with Crippen molar-refractivity contribution in [1.82, 2.24) is 10.0 Å². The SMILES string of the molecule is CC(CN)NCCCNS(C)(=O)=O. The van der Waals surface area contributed by atoms with Crippen molar-refractivity contribution in [3.63, 3.8) is 0 Å². The molecule has 0 aromatic rings. The Labute approximate surface area is 80.1 Å². The molecule has 13 heavy (non-hydrogen) atoms. The third-order valence-corrected chi connectivity index (χ3v) is 2.29. The van der Waals surface area contributed by atoms with Crippen molar-refractivity contribution in [2.75, 3.05) is 25.9 Å². The number of hydrogen-bond donors (Lipinski definition) is 3. The minimum absolute atomic E-state index is 0.290. The monoisotopic (exact) mass is 209 g/mol. The van der Waals surface area contributed by atoms with Gasteiger partial charge >= 0.3 is 0 Å². The van der Waals surface area contributed by atoms with Gasteiger partial charge in [-0.05, 0) is 19.9 Å². The van der Waals surface area contributed by atoms with Gasteiger partial charge in [0.2, 0.25) is 10.0 Å². The van der Waals surface area contributed by atoms with Crippen LogP contribution in [0.15, 0.2) is 0 Å². The molecule has 0 rings (SSSR count). The van der Waals surface area contributed by atoms with Gasteiger partial charge in [0.05, 0.1) is 6.26 Å². The highest BCUT2D eigenvalue weighted by Crippen LogP contribution is 1.80. The Morgan fingerprint density at radius 2 is 2.00 bits per heavy atom. The maximum Gasteiger partial charge on any atom is 0.208 e. The van der Waals surface area contributed by atoms with Crippen LogP contribution < -0.4 is 15.8 Å². The third-order valence-electron chi connectivity index (χ3n) is 1.56. The molecule has 0 aliphatic heterocycles. The fourth-order valence-electron chi connectivity index (χ4n) is 0.778. The van der Waals surface area contributed by atoms with Crippen molar-refractivity contribution in [2.45, 2.75) is 19.4 Å². The van der Waals surface area contributed by atoms with Crippen LogP contribution in [0.3, 0.4) is 0 Å². The molecular formula is C7H19N3O2S. The van der Waals surface area contributed by atoms with E-state index in [1.165, 1.54) is 0 Å².